The topological polar surface area (TPSA) is 72.7 Å². The Morgan fingerprint density at radius 2 is 2.22 bits per heavy atom. The number of fused-ring (bicyclic) bond motifs is 1. The minimum atomic E-state index is -0.239. The van der Waals surface area contributed by atoms with Gasteiger partial charge in [0.2, 0.25) is 5.91 Å². The molecule has 23 heavy (non-hydrogen) atoms. The molecule has 0 aliphatic heterocycles. The molecule has 0 aromatic carbocycles. The van der Waals surface area contributed by atoms with Gasteiger partial charge in [-0.3, -0.25) is 14.0 Å². The summed E-state index contributed by atoms with van der Waals surface area (Å²) in [5.41, 5.74) is 0.748. The van der Waals surface area contributed by atoms with Gasteiger partial charge in [0.25, 0.3) is 0 Å². The first-order valence-electron chi connectivity index (χ1n) is 7.95. The van der Waals surface area contributed by atoms with Crippen molar-refractivity contribution < 1.29 is 14.3 Å². The maximum atomic E-state index is 12.3. The first-order valence-corrected chi connectivity index (χ1v) is 8.83. The lowest BCUT2D eigenvalue weighted by atomic mass is 9.94. The van der Waals surface area contributed by atoms with E-state index >= 15 is 0 Å². The monoisotopic (exact) mass is 335 g/mol. The van der Waals surface area contributed by atoms with Crippen molar-refractivity contribution in [1.82, 2.24) is 14.7 Å². The number of thiazole rings is 1. The number of carbonyl (C=O) groups excluding carboxylic acids is 2. The molecule has 0 saturated heterocycles. The van der Waals surface area contributed by atoms with Crippen LogP contribution in [0.15, 0.2) is 17.8 Å². The van der Waals surface area contributed by atoms with Gasteiger partial charge in [0, 0.05) is 23.8 Å². The number of aromatic nitrogens is 2. The first kappa shape index (κ1) is 16.0. The molecule has 1 fully saturated rings. The quantitative estimate of drug-likeness (QED) is 0.686. The molecule has 1 aliphatic rings. The van der Waals surface area contributed by atoms with E-state index in [2.05, 4.69) is 10.3 Å². The Balaban J connectivity index is 1.64. The molecule has 0 spiro atoms. The second-order valence-corrected chi connectivity index (χ2v) is 6.82. The van der Waals surface area contributed by atoms with E-state index in [1.54, 1.807) is 0 Å². The predicted octanol–water partition coefficient (Wildman–Crippen LogP) is 2.18. The van der Waals surface area contributed by atoms with Crippen LogP contribution in [-0.2, 0) is 20.7 Å². The molecule has 1 saturated carbocycles. The molecule has 1 amide bonds. The number of rotatable bonds is 4. The zero-order valence-corrected chi connectivity index (χ0v) is 14.0. The fourth-order valence-corrected chi connectivity index (χ4v) is 3.92. The highest BCUT2D eigenvalue weighted by atomic mass is 32.1. The van der Waals surface area contributed by atoms with Crippen molar-refractivity contribution in [2.75, 3.05) is 7.11 Å². The minimum absolute atomic E-state index is 0.0865. The average Bonchev–Trinajstić information content (AvgIpc) is 3.02. The molecule has 124 valence electrons. The van der Waals surface area contributed by atoms with Crippen LogP contribution >= 0.6 is 11.3 Å². The summed E-state index contributed by atoms with van der Waals surface area (Å²) >= 11 is 1.54. The van der Waals surface area contributed by atoms with Crippen LogP contribution < -0.4 is 5.32 Å². The summed E-state index contributed by atoms with van der Waals surface area (Å²) in [6, 6.07) is -0.138. The van der Waals surface area contributed by atoms with E-state index in [9.17, 15) is 9.59 Å². The van der Waals surface area contributed by atoms with Crippen molar-refractivity contribution in [1.29, 1.82) is 0 Å². The van der Waals surface area contributed by atoms with Gasteiger partial charge < -0.3 is 10.1 Å². The lowest BCUT2D eigenvalue weighted by Gasteiger charge is -2.24. The third-order valence-corrected chi connectivity index (χ3v) is 5.12. The summed E-state index contributed by atoms with van der Waals surface area (Å²) in [7, 11) is 1.41. The largest absolute Gasteiger partial charge is 0.469 e. The minimum Gasteiger partial charge on any atom is -0.469 e. The predicted molar refractivity (Wildman–Crippen MR) is 87.3 cm³/mol. The van der Waals surface area contributed by atoms with E-state index in [0.717, 1.165) is 42.8 Å². The first-order chi connectivity index (χ1) is 11.2. The van der Waals surface area contributed by atoms with Crippen molar-refractivity contribution in [3.63, 3.8) is 0 Å². The van der Waals surface area contributed by atoms with Crippen LogP contribution in [0.1, 0.15) is 37.8 Å². The summed E-state index contributed by atoms with van der Waals surface area (Å²) in [5, 5.41) is 4.98. The average molecular weight is 335 g/mol. The van der Waals surface area contributed by atoms with Gasteiger partial charge in [0.15, 0.2) is 4.96 Å². The van der Waals surface area contributed by atoms with Crippen molar-refractivity contribution in [3.8, 4) is 0 Å². The van der Waals surface area contributed by atoms with Gasteiger partial charge in [-0.2, -0.15) is 0 Å². The van der Waals surface area contributed by atoms with Crippen molar-refractivity contribution in [2.45, 2.75) is 44.6 Å². The van der Waals surface area contributed by atoms with Crippen LogP contribution in [0, 0.1) is 5.92 Å². The molecular weight excluding hydrogens is 314 g/mol. The maximum absolute atomic E-state index is 12.3. The smallest absolute Gasteiger partial charge is 0.310 e. The number of methoxy groups -OCH3 is 1. The molecule has 2 aromatic heterocycles. The molecule has 2 aromatic rings. The Morgan fingerprint density at radius 1 is 1.39 bits per heavy atom. The Morgan fingerprint density at radius 3 is 3.00 bits per heavy atom. The molecule has 2 heterocycles. The molecule has 0 unspecified atom stereocenters. The zero-order chi connectivity index (χ0) is 16.2. The normalized spacial score (nSPS) is 21.8. The number of nitrogens with zero attached hydrogens (tertiary/aromatic N) is 2. The van der Waals surface area contributed by atoms with E-state index in [1.807, 2.05) is 22.2 Å². The maximum Gasteiger partial charge on any atom is 0.310 e. The van der Waals surface area contributed by atoms with Gasteiger partial charge in [-0.25, -0.2) is 4.98 Å². The number of hydrogen-bond acceptors (Lipinski definition) is 5. The molecule has 7 heteroatoms. The molecule has 2 atom stereocenters. The molecule has 0 radical (unpaired) electrons. The molecule has 1 N–H and O–H groups in total. The van der Waals surface area contributed by atoms with E-state index in [0.29, 0.717) is 0 Å². The van der Waals surface area contributed by atoms with Crippen molar-refractivity contribution in [3.05, 3.63) is 23.5 Å². The van der Waals surface area contributed by atoms with Crippen molar-refractivity contribution >= 4 is 28.2 Å². The van der Waals surface area contributed by atoms with Gasteiger partial charge in [-0.1, -0.05) is 19.3 Å². The van der Waals surface area contributed by atoms with Gasteiger partial charge in [0.05, 0.1) is 25.1 Å². The molecule has 3 rings (SSSR count). The lowest BCUT2D eigenvalue weighted by Crippen LogP contribution is -2.43. The number of carbonyl (C=O) groups is 2. The summed E-state index contributed by atoms with van der Waals surface area (Å²) < 4.78 is 6.81. The fraction of sp³-hybridized carbons (Fsp3) is 0.562. The van der Waals surface area contributed by atoms with E-state index in [-0.39, 0.29) is 30.3 Å². The number of amides is 1. The highest BCUT2D eigenvalue weighted by Crippen LogP contribution is 2.24. The van der Waals surface area contributed by atoms with Gasteiger partial charge in [-0.05, 0) is 12.8 Å². The summed E-state index contributed by atoms with van der Waals surface area (Å²) in [4.78, 5) is 29.6. The molecule has 6 nitrogen and oxygen atoms in total. The Kier molecular flexibility index (Phi) is 4.95. The SMILES string of the molecule is COC(=O)[C@H]1CCCCC[C@H]1NC(=O)Cc1cn2ccsc2n1. The van der Waals surface area contributed by atoms with Gasteiger partial charge in [0.1, 0.15) is 0 Å². The van der Waals surface area contributed by atoms with Crippen LogP contribution in [0.25, 0.3) is 4.96 Å². The standard InChI is InChI=1S/C16H21N3O3S/c1-22-15(21)12-5-3-2-4-6-13(12)18-14(20)9-11-10-19-7-8-23-16(19)17-11/h7-8,10,12-13H,2-6,9H2,1H3,(H,18,20)/t12-,13+/m0/s1. The summed E-state index contributed by atoms with van der Waals surface area (Å²) in [6.45, 7) is 0. The highest BCUT2D eigenvalue weighted by Gasteiger charge is 2.31. The van der Waals surface area contributed by atoms with Crippen LogP contribution in [0.4, 0.5) is 0 Å². The summed E-state index contributed by atoms with van der Waals surface area (Å²) in [6.07, 6.45) is 8.75. The van der Waals surface area contributed by atoms with Gasteiger partial charge in [-0.15, -0.1) is 11.3 Å². The Labute approximate surface area is 138 Å². The number of nitrogens with one attached hydrogen (secondary N) is 1. The third-order valence-electron chi connectivity index (χ3n) is 4.35. The van der Waals surface area contributed by atoms with Crippen LogP contribution in [0.3, 0.4) is 0 Å². The second kappa shape index (κ2) is 7.12. The summed E-state index contributed by atoms with van der Waals surface area (Å²) in [5.74, 6) is -0.548. The van der Waals surface area contributed by atoms with E-state index in [1.165, 1.54) is 18.4 Å². The number of esters is 1. The Hall–Kier alpha value is -1.89. The Bertz CT molecular complexity index is 665. The second-order valence-electron chi connectivity index (χ2n) is 5.94. The van der Waals surface area contributed by atoms with Crippen LogP contribution in [-0.4, -0.2) is 34.4 Å². The van der Waals surface area contributed by atoms with Crippen LogP contribution in [0.2, 0.25) is 0 Å². The molecular formula is C16H21N3O3S. The van der Waals surface area contributed by atoms with Gasteiger partial charge >= 0.3 is 5.97 Å². The third kappa shape index (κ3) is 3.72. The molecule has 0 bridgehead atoms. The number of imidazole rings is 1. The number of hydrogen-bond donors (Lipinski definition) is 1. The van der Waals surface area contributed by atoms with E-state index < -0.39 is 0 Å². The highest BCUT2D eigenvalue weighted by molar-refractivity contribution is 7.15. The van der Waals surface area contributed by atoms with Crippen molar-refractivity contribution in [2.24, 2.45) is 5.92 Å². The van der Waals surface area contributed by atoms with Crippen LogP contribution in [0.5, 0.6) is 0 Å². The lowest BCUT2D eigenvalue weighted by molar-refractivity contribution is -0.147. The molecule has 1 aliphatic carbocycles. The zero-order valence-electron chi connectivity index (χ0n) is 13.2. The van der Waals surface area contributed by atoms with E-state index in [4.69, 9.17) is 4.74 Å². The number of ether oxygens (including phenoxy) is 1. The fourth-order valence-electron chi connectivity index (χ4n) is 3.20.